The molecule has 9 N–H and O–H groups in total. The van der Waals surface area contributed by atoms with Crippen molar-refractivity contribution in [2.45, 2.75) is 50.7 Å². The van der Waals surface area contributed by atoms with Crippen molar-refractivity contribution in [1.82, 2.24) is 5.32 Å². The van der Waals surface area contributed by atoms with Gasteiger partial charge in [0.15, 0.2) is 5.96 Å². The van der Waals surface area contributed by atoms with Gasteiger partial charge in [-0.25, -0.2) is 9.79 Å². The monoisotopic (exact) mass is 462 g/mol. The lowest BCUT2D eigenvalue weighted by atomic mass is 9.86. The second-order valence-electron chi connectivity index (χ2n) is 7.72. The first kappa shape index (κ1) is 25.8. The number of benzene rings is 1. The molecule has 180 valence electrons. The number of nitrogens with one attached hydrogen (secondary N) is 1. The fraction of sp³-hybridized carbons (Fsp3) is 0.409. The minimum absolute atomic E-state index is 0.0540. The van der Waals surface area contributed by atoms with E-state index in [1.807, 2.05) is 31.2 Å². The third kappa shape index (κ3) is 6.78. The number of aliphatic hydroxyl groups is 3. The molecule has 1 aliphatic heterocycles. The Morgan fingerprint density at radius 2 is 1.88 bits per heavy atom. The van der Waals surface area contributed by atoms with Crippen molar-refractivity contribution < 1.29 is 34.8 Å². The number of hydrogen-bond donors (Lipinski definition) is 7. The fourth-order valence-electron chi connectivity index (χ4n) is 3.54. The molecule has 0 aliphatic carbocycles. The van der Waals surface area contributed by atoms with Crippen molar-refractivity contribution in [2.75, 3.05) is 6.61 Å². The highest BCUT2D eigenvalue weighted by Gasteiger charge is 2.47. The number of guanidine groups is 1. The van der Waals surface area contributed by atoms with Crippen LogP contribution in [0.25, 0.3) is 6.08 Å². The first-order chi connectivity index (χ1) is 15.5. The standard InChI is InChI=1S/C22H30N4O7/c1-11-6-8-13(9-7-11)4-3-5-14-16(26-22(23)24)17(25-12(2)28)20(18(30)15(29)10-27)33-19(14)21(31)32/h3-4,6-9,15-18,20,27,29-30H,5,10H2,1-2H3,(H,25,28)(H,31,32)(H4,23,24,26)/b4-3+/t15-,16-,17-,18-,20-/m1/s1. The number of nitrogens with two attached hydrogens (primary N) is 2. The number of aliphatic carboxylic acids is 1. The van der Waals surface area contributed by atoms with Gasteiger partial charge in [0.25, 0.3) is 0 Å². The molecule has 0 fully saturated rings. The number of aliphatic hydroxyl groups excluding tert-OH is 3. The average Bonchev–Trinajstić information content (AvgIpc) is 2.75. The van der Waals surface area contributed by atoms with E-state index < -0.39 is 54.6 Å². The van der Waals surface area contributed by atoms with Crippen molar-refractivity contribution in [1.29, 1.82) is 0 Å². The van der Waals surface area contributed by atoms with Crippen molar-refractivity contribution >= 4 is 23.9 Å². The molecule has 11 heteroatoms. The largest absolute Gasteiger partial charge is 0.478 e. The molecule has 1 aliphatic rings. The smallest absolute Gasteiger partial charge is 0.371 e. The first-order valence-electron chi connectivity index (χ1n) is 10.2. The second-order valence-corrected chi connectivity index (χ2v) is 7.72. The number of carbonyl (C=O) groups is 2. The third-order valence-electron chi connectivity index (χ3n) is 5.09. The van der Waals surface area contributed by atoms with E-state index in [1.54, 1.807) is 12.2 Å². The molecule has 1 aromatic carbocycles. The molecule has 0 aromatic heterocycles. The fourth-order valence-corrected chi connectivity index (χ4v) is 3.54. The lowest BCUT2D eigenvalue weighted by Gasteiger charge is -2.41. The van der Waals surface area contributed by atoms with E-state index in [0.29, 0.717) is 0 Å². The summed E-state index contributed by atoms with van der Waals surface area (Å²) in [6.45, 7) is 2.35. The van der Waals surface area contributed by atoms with E-state index >= 15 is 0 Å². The normalized spacial score (nSPS) is 22.4. The molecule has 0 saturated carbocycles. The predicted octanol–water partition coefficient (Wildman–Crippen LogP) is -1.00. The number of allylic oxidation sites excluding steroid dienone is 1. The first-order valence-corrected chi connectivity index (χ1v) is 10.2. The summed E-state index contributed by atoms with van der Waals surface area (Å²) in [6.07, 6.45) is -1.33. The van der Waals surface area contributed by atoms with E-state index in [2.05, 4.69) is 10.3 Å². The van der Waals surface area contributed by atoms with Crippen LogP contribution in [-0.4, -0.2) is 75.3 Å². The molecule has 2 rings (SSSR count). The minimum atomic E-state index is -1.75. The molecule has 5 atom stereocenters. The van der Waals surface area contributed by atoms with Crippen molar-refractivity contribution in [3.63, 3.8) is 0 Å². The molecular weight excluding hydrogens is 432 g/mol. The Morgan fingerprint density at radius 3 is 2.39 bits per heavy atom. The number of hydrogen-bond acceptors (Lipinski definition) is 7. The van der Waals surface area contributed by atoms with Gasteiger partial charge in [-0.15, -0.1) is 0 Å². The number of amides is 1. The highest BCUT2D eigenvalue weighted by atomic mass is 16.5. The van der Waals surface area contributed by atoms with Gasteiger partial charge in [0.05, 0.1) is 12.6 Å². The van der Waals surface area contributed by atoms with Gasteiger partial charge >= 0.3 is 5.97 Å². The summed E-state index contributed by atoms with van der Waals surface area (Å²) in [5.74, 6) is -2.86. The van der Waals surface area contributed by atoms with Gasteiger partial charge in [-0.05, 0) is 18.9 Å². The third-order valence-corrected chi connectivity index (χ3v) is 5.09. The zero-order chi connectivity index (χ0) is 24.7. The van der Waals surface area contributed by atoms with Gasteiger partial charge < -0.3 is 41.9 Å². The molecule has 0 bridgehead atoms. The predicted molar refractivity (Wildman–Crippen MR) is 121 cm³/mol. The van der Waals surface area contributed by atoms with Crippen LogP contribution >= 0.6 is 0 Å². The maximum absolute atomic E-state index is 12.0. The Hall–Kier alpha value is -3.41. The molecule has 1 heterocycles. The Morgan fingerprint density at radius 1 is 1.24 bits per heavy atom. The van der Waals surface area contributed by atoms with Gasteiger partial charge in [0.1, 0.15) is 24.4 Å². The zero-order valence-corrected chi connectivity index (χ0v) is 18.4. The molecular formula is C22H30N4O7. The van der Waals surface area contributed by atoms with Crippen LogP contribution in [-0.2, 0) is 14.3 Å². The Balaban J connectivity index is 2.54. The van der Waals surface area contributed by atoms with Gasteiger partial charge in [-0.3, -0.25) is 4.79 Å². The van der Waals surface area contributed by atoms with E-state index in [0.717, 1.165) is 11.1 Å². The number of ether oxygens (including phenoxy) is 1. The van der Waals surface area contributed by atoms with Gasteiger partial charge in [0, 0.05) is 12.5 Å². The van der Waals surface area contributed by atoms with Crippen LogP contribution < -0.4 is 16.8 Å². The van der Waals surface area contributed by atoms with Crippen LogP contribution in [0.1, 0.15) is 24.5 Å². The SMILES string of the molecule is CC(=O)N[C@H]1[C@H]([C@H](O)[C@H](O)CO)OC(C(=O)O)=C(C/C=C/c2ccc(C)cc2)[C@H]1N=C(N)N. The number of carbonyl (C=O) groups excluding carboxylic acids is 1. The number of aliphatic imine (C=N–C) groups is 1. The zero-order valence-electron chi connectivity index (χ0n) is 18.4. The lowest BCUT2D eigenvalue weighted by molar-refractivity contribution is -0.146. The van der Waals surface area contributed by atoms with Crippen LogP contribution in [0.2, 0.25) is 0 Å². The van der Waals surface area contributed by atoms with Crippen molar-refractivity contribution in [3.8, 4) is 0 Å². The highest BCUT2D eigenvalue weighted by Crippen LogP contribution is 2.32. The van der Waals surface area contributed by atoms with Crippen LogP contribution in [0.15, 0.2) is 46.7 Å². The second kappa shape index (κ2) is 11.5. The number of nitrogens with zero attached hydrogens (tertiary/aromatic N) is 1. The number of carboxylic acid groups (broad SMARTS) is 1. The molecule has 1 amide bonds. The number of rotatable bonds is 9. The summed E-state index contributed by atoms with van der Waals surface area (Å²) in [7, 11) is 0. The molecule has 0 unspecified atom stereocenters. The molecule has 1 aromatic rings. The molecule has 0 spiro atoms. The van der Waals surface area contributed by atoms with Crippen LogP contribution in [0, 0.1) is 6.92 Å². The lowest BCUT2D eigenvalue weighted by Crippen LogP contribution is -2.61. The maximum Gasteiger partial charge on any atom is 0.371 e. The van der Waals surface area contributed by atoms with Gasteiger partial charge in [0.2, 0.25) is 11.7 Å². The summed E-state index contributed by atoms with van der Waals surface area (Å²) in [4.78, 5) is 28.0. The van der Waals surface area contributed by atoms with Crippen molar-refractivity contribution in [2.24, 2.45) is 16.5 Å². The van der Waals surface area contributed by atoms with Crippen molar-refractivity contribution in [3.05, 3.63) is 52.8 Å². The molecule has 11 nitrogen and oxygen atoms in total. The Bertz CT molecular complexity index is 939. The number of aryl methyl sites for hydroxylation is 1. The van der Waals surface area contributed by atoms with Gasteiger partial charge in [-0.1, -0.05) is 42.0 Å². The Kier molecular flexibility index (Phi) is 8.97. The van der Waals surface area contributed by atoms with Gasteiger partial charge in [-0.2, -0.15) is 0 Å². The highest BCUT2D eigenvalue weighted by molar-refractivity contribution is 5.86. The number of carboxylic acids is 1. The molecule has 0 radical (unpaired) electrons. The summed E-state index contributed by atoms with van der Waals surface area (Å²) >= 11 is 0. The quantitative estimate of drug-likeness (QED) is 0.177. The van der Waals surface area contributed by atoms with E-state index in [-0.39, 0.29) is 18.0 Å². The summed E-state index contributed by atoms with van der Waals surface area (Å²) in [5, 5.41) is 42.0. The summed E-state index contributed by atoms with van der Waals surface area (Å²) in [5.41, 5.74) is 13.3. The van der Waals surface area contributed by atoms with Crippen LogP contribution in [0.4, 0.5) is 0 Å². The average molecular weight is 463 g/mol. The van der Waals surface area contributed by atoms with Crippen LogP contribution in [0.5, 0.6) is 0 Å². The summed E-state index contributed by atoms with van der Waals surface area (Å²) < 4.78 is 5.55. The summed E-state index contributed by atoms with van der Waals surface area (Å²) in [6, 6.07) is 5.40. The maximum atomic E-state index is 12.0. The van der Waals surface area contributed by atoms with Crippen LogP contribution in [0.3, 0.4) is 0 Å². The van der Waals surface area contributed by atoms with E-state index in [1.165, 1.54) is 6.92 Å². The van der Waals surface area contributed by atoms with E-state index in [9.17, 15) is 30.0 Å². The van der Waals surface area contributed by atoms with E-state index in [4.69, 9.17) is 16.2 Å². The topological polar surface area (TPSA) is 201 Å². The molecule has 0 saturated heterocycles. The minimum Gasteiger partial charge on any atom is -0.478 e. The Labute approximate surface area is 191 Å². The molecule has 33 heavy (non-hydrogen) atoms.